The second kappa shape index (κ2) is 8.45. The van der Waals surface area contributed by atoms with Crippen molar-refractivity contribution in [3.63, 3.8) is 0 Å². The third-order valence-corrected chi connectivity index (χ3v) is 7.45. The van der Waals surface area contributed by atoms with Gasteiger partial charge in [-0.05, 0) is 68.3 Å². The molecule has 3 aromatic rings. The van der Waals surface area contributed by atoms with Crippen molar-refractivity contribution in [1.29, 1.82) is 0 Å². The molecule has 1 amide bonds. The van der Waals surface area contributed by atoms with E-state index < -0.39 is 5.41 Å². The van der Waals surface area contributed by atoms with E-state index in [-0.39, 0.29) is 11.7 Å². The second-order valence-corrected chi connectivity index (χ2v) is 9.79. The van der Waals surface area contributed by atoms with E-state index in [0.717, 1.165) is 66.9 Å². The molecular weight excluding hydrogens is 413 g/mol. The zero-order valence-electron chi connectivity index (χ0n) is 19.7. The Morgan fingerprint density at radius 2 is 1.67 bits per heavy atom. The van der Waals surface area contributed by atoms with E-state index in [1.165, 1.54) is 6.07 Å². The van der Waals surface area contributed by atoms with Crippen LogP contribution in [-0.4, -0.2) is 43.0 Å². The number of nitrogens with zero attached hydrogens (tertiary/aromatic N) is 2. The maximum atomic E-state index is 14.4. The molecule has 1 aliphatic carbocycles. The molecule has 5 rings (SSSR count). The maximum Gasteiger partial charge on any atom is 0.235 e. The van der Waals surface area contributed by atoms with Crippen molar-refractivity contribution in [2.24, 2.45) is 0 Å². The highest BCUT2D eigenvalue weighted by Gasteiger charge is 2.52. The maximum absolute atomic E-state index is 14.4. The highest BCUT2D eigenvalue weighted by molar-refractivity contribution is 6.05. The van der Waals surface area contributed by atoms with Gasteiger partial charge in [0.1, 0.15) is 5.82 Å². The molecule has 33 heavy (non-hydrogen) atoms. The van der Waals surface area contributed by atoms with Gasteiger partial charge in [0.05, 0.1) is 5.41 Å². The first-order valence-electron chi connectivity index (χ1n) is 12.0. The molecule has 4 nitrogen and oxygen atoms in total. The van der Waals surface area contributed by atoms with Gasteiger partial charge in [0.2, 0.25) is 5.91 Å². The molecule has 2 aliphatic rings. The molecular formula is C28H32FN3O. The van der Waals surface area contributed by atoms with Gasteiger partial charge in [-0.15, -0.1) is 0 Å². The summed E-state index contributed by atoms with van der Waals surface area (Å²) < 4.78 is 14.4. The van der Waals surface area contributed by atoms with Crippen molar-refractivity contribution < 1.29 is 9.18 Å². The van der Waals surface area contributed by atoms with E-state index in [4.69, 9.17) is 0 Å². The van der Waals surface area contributed by atoms with Gasteiger partial charge < -0.3 is 10.2 Å². The Labute approximate surface area is 195 Å². The number of piperazine rings is 1. The fourth-order valence-corrected chi connectivity index (χ4v) is 5.10. The van der Waals surface area contributed by atoms with E-state index in [1.807, 2.05) is 25.1 Å². The molecule has 172 valence electrons. The van der Waals surface area contributed by atoms with Crippen LogP contribution in [0.4, 0.5) is 15.8 Å². The van der Waals surface area contributed by atoms with E-state index in [2.05, 4.69) is 47.2 Å². The van der Waals surface area contributed by atoms with Crippen LogP contribution in [0.3, 0.4) is 0 Å². The number of carbonyl (C=O) groups is 1. The van der Waals surface area contributed by atoms with Gasteiger partial charge in [0.25, 0.3) is 0 Å². The molecule has 3 aromatic carbocycles. The van der Waals surface area contributed by atoms with Crippen LogP contribution >= 0.6 is 0 Å². The minimum absolute atomic E-state index is 0.00383. The predicted molar refractivity (Wildman–Crippen MR) is 134 cm³/mol. The molecule has 0 spiro atoms. The van der Waals surface area contributed by atoms with Crippen molar-refractivity contribution in [2.75, 3.05) is 36.4 Å². The standard InChI is InChI=1S/C28H32FN3O/c1-19(2)31-14-16-32(17-15-31)21-9-8-20(3)26(18-21)30-27(33)28(12-13-28)24-10-11-25(29)23-7-5-4-6-22(23)24/h4-11,18-19H,12-17H2,1-3H3,(H,30,33). The number of nitrogens with one attached hydrogen (secondary N) is 1. The van der Waals surface area contributed by atoms with E-state index in [9.17, 15) is 9.18 Å². The van der Waals surface area contributed by atoms with Gasteiger partial charge in [0, 0.05) is 49.0 Å². The summed E-state index contributed by atoms with van der Waals surface area (Å²) in [6, 6.07) is 17.7. The summed E-state index contributed by atoms with van der Waals surface area (Å²) in [6.45, 7) is 10.6. The van der Waals surface area contributed by atoms with Crippen LogP contribution in [0.2, 0.25) is 0 Å². The van der Waals surface area contributed by atoms with Crippen molar-refractivity contribution >= 4 is 28.1 Å². The number of benzene rings is 3. The van der Waals surface area contributed by atoms with Crippen LogP contribution in [0.5, 0.6) is 0 Å². The first-order valence-corrected chi connectivity index (χ1v) is 12.0. The smallest absolute Gasteiger partial charge is 0.235 e. The Hall–Kier alpha value is -2.92. The Morgan fingerprint density at radius 3 is 2.33 bits per heavy atom. The zero-order valence-corrected chi connectivity index (χ0v) is 19.7. The Kier molecular flexibility index (Phi) is 5.61. The van der Waals surface area contributed by atoms with Crippen molar-refractivity contribution in [3.8, 4) is 0 Å². The molecule has 5 heteroatoms. The number of hydrogen-bond donors (Lipinski definition) is 1. The largest absolute Gasteiger partial charge is 0.369 e. The molecule has 1 saturated heterocycles. The van der Waals surface area contributed by atoms with Crippen LogP contribution < -0.4 is 10.2 Å². The van der Waals surface area contributed by atoms with Crippen molar-refractivity contribution in [1.82, 2.24) is 4.90 Å². The van der Waals surface area contributed by atoms with E-state index in [0.29, 0.717) is 11.4 Å². The van der Waals surface area contributed by atoms with Crippen LogP contribution in [0.25, 0.3) is 10.8 Å². The summed E-state index contributed by atoms with van der Waals surface area (Å²) in [5.74, 6) is -0.240. The second-order valence-electron chi connectivity index (χ2n) is 9.79. The number of carbonyl (C=O) groups excluding carboxylic acids is 1. The Bertz CT molecular complexity index is 1190. The topological polar surface area (TPSA) is 35.6 Å². The number of rotatable bonds is 5. The lowest BCUT2D eigenvalue weighted by molar-refractivity contribution is -0.118. The van der Waals surface area contributed by atoms with Gasteiger partial charge in [0.15, 0.2) is 0 Å². The lowest BCUT2D eigenvalue weighted by atomic mass is 9.89. The summed E-state index contributed by atoms with van der Waals surface area (Å²) in [5.41, 5.74) is 3.40. The minimum atomic E-state index is -0.585. The van der Waals surface area contributed by atoms with Crippen molar-refractivity contribution in [3.05, 3.63) is 71.5 Å². The van der Waals surface area contributed by atoms with E-state index >= 15 is 0 Å². The quantitative estimate of drug-likeness (QED) is 0.564. The van der Waals surface area contributed by atoms with E-state index in [1.54, 1.807) is 12.1 Å². The molecule has 1 saturated carbocycles. The highest BCUT2D eigenvalue weighted by Crippen LogP contribution is 2.51. The number of amides is 1. The number of hydrogen-bond acceptors (Lipinski definition) is 3. The molecule has 0 aromatic heterocycles. The van der Waals surface area contributed by atoms with Gasteiger partial charge >= 0.3 is 0 Å². The first kappa shape index (κ1) is 21.9. The first-order chi connectivity index (χ1) is 15.9. The number of aryl methyl sites for hydroxylation is 1. The van der Waals surface area contributed by atoms with Gasteiger partial charge in [-0.1, -0.05) is 36.4 Å². The SMILES string of the molecule is Cc1ccc(N2CCN(C(C)C)CC2)cc1NC(=O)C1(c2ccc(F)c3ccccc23)CC1. The molecule has 0 bridgehead atoms. The zero-order chi connectivity index (χ0) is 23.2. The minimum Gasteiger partial charge on any atom is -0.369 e. The summed E-state index contributed by atoms with van der Waals surface area (Å²) >= 11 is 0. The molecule has 0 unspecified atom stereocenters. The van der Waals surface area contributed by atoms with Crippen LogP contribution in [0.1, 0.15) is 37.8 Å². The highest BCUT2D eigenvalue weighted by atomic mass is 19.1. The number of fused-ring (bicyclic) bond motifs is 1. The molecule has 0 radical (unpaired) electrons. The summed E-state index contributed by atoms with van der Waals surface area (Å²) in [5, 5.41) is 4.64. The fraction of sp³-hybridized carbons (Fsp3) is 0.393. The molecule has 1 N–H and O–H groups in total. The Balaban J connectivity index is 1.39. The fourth-order valence-electron chi connectivity index (χ4n) is 5.10. The summed E-state index contributed by atoms with van der Waals surface area (Å²) in [7, 11) is 0. The van der Waals surface area contributed by atoms with Gasteiger partial charge in [-0.3, -0.25) is 9.69 Å². The van der Waals surface area contributed by atoms with Gasteiger partial charge in [-0.25, -0.2) is 4.39 Å². The average molecular weight is 446 g/mol. The third-order valence-electron chi connectivity index (χ3n) is 7.45. The predicted octanol–water partition coefficient (Wildman–Crippen LogP) is 5.49. The lowest BCUT2D eigenvalue weighted by Gasteiger charge is -2.38. The summed E-state index contributed by atoms with van der Waals surface area (Å²) in [6.07, 6.45) is 1.56. The number of anilines is 2. The van der Waals surface area contributed by atoms with Crippen LogP contribution in [0, 0.1) is 12.7 Å². The molecule has 0 atom stereocenters. The summed E-state index contributed by atoms with van der Waals surface area (Å²) in [4.78, 5) is 18.5. The van der Waals surface area contributed by atoms with Gasteiger partial charge in [-0.2, -0.15) is 0 Å². The monoisotopic (exact) mass is 445 g/mol. The average Bonchev–Trinajstić information content (AvgIpc) is 3.63. The third kappa shape index (κ3) is 3.99. The Morgan fingerprint density at radius 1 is 0.970 bits per heavy atom. The van der Waals surface area contributed by atoms with Crippen LogP contribution in [-0.2, 0) is 10.2 Å². The van der Waals surface area contributed by atoms with Crippen molar-refractivity contribution in [2.45, 2.75) is 45.1 Å². The molecule has 1 heterocycles. The molecule has 1 aliphatic heterocycles. The number of halogens is 1. The normalized spacial score (nSPS) is 18.0. The lowest BCUT2D eigenvalue weighted by Crippen LogP contribution is -2.48. The van der Waals surface area contributed by atoms with Crippen LogP contribution in [0.15, 0.2) is 54.6 Å². The molecule has 2 fully saturated rings.